The van der Waals surface area contributed by atoms with Gasteiger partial charge in [-0.3, -0.25) is 9.69 Å². The number of hydrogen-bond donors (Lipinski definition) is 1. The third-order valence-corrected chi connectivity index (χ3v) is 5.65. The first-order valence-corrected chi connectivity index (χ1v) is 10.1. The maximum atomic E-state index is 13.4. The Balaban J connectivity index is 1.42. The number of rotatable bonds is 6. The zero-order chi connectivity index (χ0) is 22.0. The quantitative estimate of drug-likeness (QED) is 0.654. The summed E-state index contributed by atoms with van der Waals surface area (Å²) in [6.07, 6.45) is 0. The fraction of sp³-hybridized carbons (Fsp3) is 0.348. The maximum absolute atomic E-state index is 13.4. The minimum absolute atomic E-state index is 0.0695. The number of amides is 1. The van der Waals surface area contributed by atoms with Crippen LogP contribution in [0.3, 0.4) is 0 Å². The van der Waals surface area contributed by atoms with Crippen LogP contribution >= 0.6 is 0 Å². The summed E-state index contributed by atoms with van der Waals surface area (Å²) in [5, 5.41) is 0.697. The van der Waals surface area contributed by atoms with E-state index < -0.39 is 0 Å². The molecule has 0 spiro atoms. The van der Waals surface area contributed by atoms with Crippen molar-refractivity contribution in [2.45, 2.75) is 6.54 Å². The Morgan fingerprint density at radius 2 is 1.71 bits per heavy atom. The van der Waals surface area contributed by atoms with Crippen molar-refractivity contribution < 1.29 is 23.4 Å². The molecule has 1 N–H and O–H groups in total. The molecule has 4 rings (SSSR count). The van der Waals surface area contributed by atoms with Gasteiger partial charge in [0.2, 0.25) is 5.75 Å². The maximum Gasteiger partial charge on any atom is 0.270 e. The SMILES string of the molecule is COc1ccc(CN2CCN(C(=O)c3cc4cc(F)ccc4[nH]3)CC2)c(OC)c1OC. The zero-order valence-electron chi connectivity index (χ0n) is 17.9. The van der Waals surface area contributed by atoms with Gasteiger partial charge in [0.25, 0.3) is 5.91 Å². The topological polar surface area (TPSA) is 67.0 Å². The number of benzene rings is 2. The number of halogens is 1. The number of hydrogen-bond acceptors (Lipinski definition) is 5. The first-order valence-electron chi connectivity index (χ1n) is 10.1. The van der Waals surface area contributed by atoms with E-state index in [9.17, 15) is 9.18 Å². The van der Waals surface area contributed by atoms with E-state index in [1.165, 1.54) is 12.1 Å². The predicted octanol–water partition coefficient (Wildman–Crippen LogP) is 3.29. The van der Waals surface area contributed by atoms with E-state index in [2.05, 4.69) is 9.88 Å². The molecule has 1 saturated heterocycles. The fourth-order valence-corrected chi connectivity index (χ4v) is 4.03. The smallest absolute Gasteiger partial charge is 0.270 e. The highest BCUT2D eigenvalue weighted by Crippen LogP contribution is 2.40. The van der Waals surface area contributed by atoms with E-state index in [1.54, 1.807) is 33.5 Å². The molecule has 2 heterocycles. The highest BCUT2D eigenvalue weighted by Gasteiger charge is 2.25. The molecule has 7 nitrogen and oxygen atoms in total. The van der Waals surface area contributed by atoms with Crippen molar-refractivity contribution in [2.24, 2.45) is 0 Å². The third kappa shape index (κ3) is 4.16. The average molecular weight is 427 g/mol. The van der Waals surface area contributed by atoms with E-state index in [4.69, 9.17) is 14.2 Å². The number of methoxy groups -OCH3 is 3. The van der Waals surface area contributed by atoms with Gasteiger partial charge in [-0.25, -0.2) is 4.39 Å². The Morgan fingerprint density at radius 1 is 0.968 bits per heavy atom. The Morgan fingerprint density at radius 3 is 2.39 bits per heavy atom. The molecule has 8 heteroatoms. The third-order valence-electron chi connectivity index (χ3n) is 5.65. The molecular weight excluding hydrogens is 401 g/mol. The highest BCUT2D eigenvalue weighted by molar-refractivity contribution is 5.98. The normalized spacial score (nSPS) is 14.6. The summed E-state index contributed by atoms with van der Waals surface area (Å²) in [4.78, 5) is 20.1. The molecule has 0 bridgehead atoms. The first kappa shape index (κ1) is 21.0. The summed E-state index contributed by atoms with van der Waals surface area (Å²) in [5.74, 6) is 1.47. The standard InChI is InChI=1S/C23H26FN3O4/c1-29-20-7-4-15(21(30-2)22(20)31-3)14-26-8-10-27(11-9-26)23(28)19-13-16-12-17(24)5-6-18(16)25-19/h4-7,12-13,25H,8-11,14H2,1-3H3. The number of ether oxygens (including phenoxy) is 3. The lowest BCUT2D eigenvalue weighted by atomic mass is 10.1. The summed E-state index contributed by atoms with van der Waals surface area (Å²) < 4.78 is 29.8. The van der Waals surface area contributed by atoms with Crippen molar-refractivity contribution in [3.8, 4) is 17.2 Å². The molecule has 0 atom stereocenters. The molecule has 31 heavy (non-hydrogen) atoms. The Hall–Kier alpha value is -3.26. The van der Waals surface area contributed by atoms with Crippen LogP contribution in [0.4, 0.5) is 4.39 Å². The molecule has 0 aliphatic carbocycles. The van der Waals surface area contributed by atoms with Crippen molar-refractivity contribution in [3.63, 3.8) is 0 Å². The molecule has 1 aromatic heterocycles. The summed E-state index contributed by atoms with van der Waals surface area (Å²) in [5.41, 5.74) is 2.23. The van der Waals surface area contributed by atoms with Crippen molar-refractivity contribution in [2.75, 3.05) is 47.5 Å². The highest BCUT2D eigenvalue weighted by atomic mass is 19.1. The number of aromatic nitrogens is 1. The molecule has 1 aliphatic heterocycles. The lowest BCUT2D eigenvalue weighted by Crippen LogP contribution is -2.48. The Bertz CT molecular complexity index is 1090. The molecule has 1 aliphatic rings. The van der Waals surface area contributed by atoms with Crippen LogP contribution in [0.5, 0.6) is 17.2 Å². The van der Waals surface area contributed by atoms with Crippen LogP contribution in [-0.4, -0.2) is 68.2 Å². The van der Waals surface area contributed by atoms with Crippen molar-refractivity contribution in [1.29, 1.82) is 0 Å². The van der Waals surface area contributed by atoms with Gasteiger partial charge in [-0.2, -0.15) is 0 Å². The molecule has 2 aromatic carbocycles. The van der Waals surface area contributed by atoms with Gasteiger partial charge in [-0.05, 0) is 30.3 Å². The number of carbonyl (C=O) groups excluding carboxylic acids is 1. The Kier molecular flexibility index (Phi) is 5.99. The molecule has 1 fully saturated rings. The van der Waals surface area contributed by atoms with Gasteiger partial charge in [0.1, 0.15) is 11.5 Å². The van der Waals surface area contributed by atoms with Gasteiger partial charge in [0.15, 0.2) is 11.5 Å². The van der Waals surface area contributed by atoms with Gasteiger partial charge in [-0.1, -0.05) is 6.07 Å². The molecule has 3 aromatic rings. The van der Waals surface area contributed by atoms with Gasteiger partial charge in [0.05, 0.1) is 21.3 Å². The summed E-state index contributed by atoms with van der Waals surface area (Å²) in [6, 6.07) is 10.0. The zero-order valence-corrected chi connectivity index (χ0v) is 17.9. The molecule has 1 amide bonds. The van der Waals surface area contributed by atoms with Crippen molar-refractivity contribution in [1.82, 2.24) is 14.8 Å². The number of piperazine rings is 1. The minimum atomic E-state index is -0.315. The van der Waals surface area contributed by atoms with E-state index in [0.29, 0.717) is 48.0 Å². The minimum Gasteiger partial charge on any atom is -0.493 e. The summed E-state index contributed by atoms with van der Waals surface area (Å²) >= 11 is 0. The molecule has 0 unspecified atom stereocenters. The lowest BCUT2D eigenvalue weighted by molar-refractivity contribution is 0.0622. The van der Waals surface area contributed by atoms with Crippen molar-refractivity contribution >= 4 is 16.8 Å². The van der Waals surface area contributed by atoms with Gasteiger partial charge >= 0.3 is 0 Å². The average Bonchev–Trinajstić information content (AvgIpc) is 3.21. The number of aromatic amines is 1. The summed E-state index contributed by atoms with van der Waals surface area (Å²) in [6.45, 7) is 3.36. The van der Waals surface area contributed by atoms with E-state index in [-0.39, 0.29) is 11.7 Å². The largest absolute Gasteiger partial charge is 0.493 e. The second-order valence-electron chi connectivity index (χ2n) is 7.48. The van der Waals surface area contributed by atoms with Gasteiger partial charge < -0.3 is 24.1 Å². The number of H-pyrrole nitrogens is 1. The first-order chi connectivity index (χ1) is 15.0. The molecule has 164 valence electrons. The summed E-state index contributed by atoms with van der Waals surface area (Å²) in [7, 11) is 4.80. The fourth-order valence-electron chi connectivity index (χ4n) is 4.03. The Labute approximate surface area is 180 Å². The monoisotopic (exact) mass is 427 g/mol. The number of fused-ring (bicyclic) bond motifs is 1. The van der Waals surface area contributed by atoms with Crippen LogP contribution in [0.2, 0.25) is 0 Å². The van der Waals surface area contributed by atoms with Crippen LogP contribution < -0.4 is 14.2 Å². The second-order valence-corrected chi connectivity index (χ2v) is 7.48. The van der Waals surface area contributed by atoms with E-state index >= 15 is 0 Å². The van der Waals surface area contributed by atoms with Crippen LogP contribution in [0.25, 0.3) is 10.9 Å². The van der Waals surface area contributed by atoms with Crippen LogP contribution in [0.15, 0.2) is 36.4 Å². The van der Waals surface area contributed by atoms with Crippen LogP contribution in [-0.2, 0) is 6.54 Å². The van der Waals surface area contributed by atoms with Gasteiger partial charge in [0, 0.05) is 49.2 Å². The van der Waals surface area contributed by atoms with Gasteiger partial charge in [-0.15, -0.1) is 0 Å². The molecular formula is C23H26FN3O4. The van der Waals surface area contributed by atoms with Crippen molar-refractivity contribution in [3.05, 3.63) is 53.5 Å². The van der Waals surface area contributed by atoms with E-state index in [0.717, 1.165) is 24.2 Å². The van der Waals surface area contributed by atoms with E-state index in [1.807, 2.05) is 17.0 Å². The number of nitrogens with zero attached hydrogens (tertiary/aromatic N) is 2. The molecule has 0 saturated carbocycles. The predicted molar refractivity (Wildman–Crippen MR) is 116 cm³/mol. The number of carbonyl (C=O) groups is 1. The lowest BCUT2D eigenvalue weighted by Gasteiger charge is -2.34. The van der Waals surface area contributed by atoms with Crippen LogP contribution in [0, 0.1) is 5.82 Å². The number of nitrogens with one attached hydrogen (secondary N) is 1. The van der Waals surface area contributed by atoms with Crippen LogP contribution in [0.1, 0.15) is 16.1 Å². The second kappa shape index (κ2) is 8.85. The molecule has 0 radical (unpaired) electrons.